The van der Waals surface area contributed by atoms with Gasteiger partial charge in [-0.25, -0.2) is 0 Å². The molecule has 1 heterocycles. The van der Waals surface area contributed by atoms with Crippen LogP contribution >= 0.6 is 0 Å². The van der Waals surface area contributed by atoms with Gasteiger partial charge < -0.3 is 15.0 Å². The normalized spacial score (nSPS) is 17.1. The molecule has 1 amide bonds. The Balaban J connectivity index is 1.51. The second kappa shape index (κ2) is 9.28. The maximum absolute atomic E-state index is 13.3. The van der Waals surface area contributed by atoms with Crippen LogP contribution in [0, 0.1) is 0 Å². The maximum Gasteiger partial charge on any atom is 0.416 e. The minimum absolute atomic E-state index is 0.137. The number of anilines is 2. The van der Waals surface area contributed by atoms with Crippen LogP contribution in [0.5, 0.6) is 0 Å². The highest BCUT2D eigenvalue weighted by molar-refractivity contribution is 5.96. The summed E-state index contributed by atoms with van der Waals surface area (Å²) in [5, 5.41) is 2.76. The zero-order chi connectivity index (χ0) is 21.8. The SMILES string of the molecule is O=C(CN(Cc1ccccc1)C1CC1)Nc1cc(C(F)(F)F)ccc1N1CCOCC1. The monoisotopic (exact) mass is 433 g/mol. The molecule has 0 unspecified atom stereocenters. The molecule has 0 bridgehead atoms. The van der Waals surface area contributed by atoms with Crippen LogP contribution < -0.4 is 10.2 Å². The van der Waals surface area contributed by atoms with Gasteiger partial charge in [-0.1, -0.05) is 30.3 Å². The average Bonchev–Trinajstić information content (AvgIpc) is 3.59. The molecule has 31 heavy (non-hydrogen) atoms. The Kier molecular flexibility index (Phi) is 6.48. The first-order valence-electron chi connectivity index (χ1n) is 10.5. The molecule has 166 valence electrons. The summed E-state index contributed by atoms with van der Waals surface area (Å²) in [6.45, 7) is 2.91. The molecular weight excluding hydrogens is 407 g/mol. The van der Waals surface area contributed by atoms with Crippen molar-refractivity contribution in [3.63, 3.8) is 0 Å². The number of amides is 1. The molecule has 0 aromatic heterocycles. The number of rotatable bonds is 7. The molecule has 2 aromatic carbocycles. The van der Waals surface area contributed by atoms with Gasteiger partial charge in [-0.15, -0.1) is 0 Å². The smallest absolute Gasteiger partial charge is 0.378 e. The molecule has 1 aliphatic heterocycles. The number of alkyl halides is 3. The van der Waals surface area contributed by atoms with Crippen LogP contribution in [0.2, 0.25) is 0 Å². The van der Waals surface area contributed by atoms with Crippen LogP contribution in [0.1, 0.15) is 24.0 Å². The van der Waals surface area contributed by atoms with Crippen molar-refractivity contribution in [3.8, 4) is 0 Å². The molecule has 0 radical (unpaired) electrons. The minimum Gasteiger partial charge on any atom is -0.378 e. The molecule has 2 fully saturated rings. The van der Waals surface area contributed by atoms with E-state index in [-0.39, 0.29) is 18.1 Å². The van der Waals surface area contributed by atoms with Crippen LogP contribution in [0.25, 0.3) is 0 Å². The molecule has 1 N–H and O–H groups in total. The topological polar surface area (TPSA) is 44.8 Å². The summed E-state index contributed by atoms with van der Waals surface area (Å²) >= 11 is 0. The standard InChI is InChI=1S/C23H26F3N3O2/c24-23(25,26)18-6-9-21(28-10-12-31-13-11-28)20(14-18)27-22(30)16-29(19-7-8-19)15-17-4-2-1-3-5-17/h1-6,9,14,19H,7-8,10-13,15-16H2,(H,27,30). The molecule has 8 heteroatoms. The number of carbonyl (C=O) groups excluding carboxylic acids is 1. The quantitative estimate of drug-likeness (QED) is 0.713. The Hall–Kier alpha value is -2.58. The molecule has 0 atom stereocenters. The van der Waals surface area contributed by atoms with Crippen molar-refractivity contribution in [2.45, 2.75) is 31.6 Å². The van der Waals surface area contributed by atoms with E-state index in [0.717, 1.165) is 30.5 Å². The number of hydrogen-bond acceptors (Lipinski definition) is 4. The Bertz CT molecular complexity index is 895. The molecule has 1 saturated carbocycles. The van der Waals surface area contributed by atoms with E-state index in [0.29, 0.717) is 44.6 Å². The van der Waals surface area contributed by atoms with E-state index in [2.05, 4.69) is 10.2 Å². The fourth-order valence-electron chi connectivity index (χ4n) is 3.84. The van der Waals surface area contributed by atoms with Crippen LogP contribution in [0.15, 0.2) is 48.5 Å². The lowest BCUT2D eigenvalue weighted by atomic mass is 10.1. The fourth-order valence-corrected chi connectivity index (χ4v) is 3.84. The van der Waals surface area contributed by atoms with Gasteiger partial charge in [-0.2, -0.15) is 13.2 Å². The number of nitrogens with one attached hydrogen (secondary N) is 1. The average molecular weight is 433 g/mol. The van der Waals surface area contributed by atoms with E-state index in [4.69, 9.17) is 4.74 Å². The molecule has 2 aromatic rings. The zero-order valence-electron chi connectivity index (χ0n) is 17.2. The van der Waals surface area contributed by atoms with Crippen molar-refractivity contribution in [2.75, 3.05) is 43.1 Å². The summed E-state index contributed by atoms with van der Waals surface area (Å²) < 4.78 is 45.2. The molecule has 2 aliphatic rings. The second-order valence-electron chi connectivity index (χ2n) is 8.00. The van der Waals surface area contributed by atoms with Gasteiger partial charge in [0.15, 0.2) is 0 Å². The van der Waals surface area contributed by atoms with E-state index >= 15 is 0 Å². The van der Waals surface area contributed by atoms with Crippen molar-refractivity contribution in [3.05, 3.63) is 59.7 Å². The van der Waals surface area contributed by atoms with E-state index in [9.17, 15) is 18.0 Å². The second-order valence-corrected chi connectivity index (χ2v) is 8.00. The van der Waals surface area contributed by atoms with Crippen LogP contribution in [-0.2, 0) is 22.3 Å². The first kappa shape index (κ1) is 21.6. The maximum atomic E-state index is 13.3. The third kappa shape index (κ3) is 5.77. The van der Waals surface area contributed by atoms with Gasteiger partial charge in [-0.3, -0.25) is 9.69 Å². The van der Waals surface area contributed by atoms with Gasteiger partial charge in [0.05, 0.1) is 36.7 Å². The highest BCUT2D eigenvalue weighted by Crippen LogP contribution is 2.36. The number of nitrogens with zero attached hydrogens (tertiary/aromatic N) is 2. The first-order chi connectivity index (χ1) is 14.9. The van der Waals surface area contributed by atoms with Crippen molar-refractivity contribution in [2.24, 2.45) is 0 Å². The summed E-state index contributed by atoms with van der Waals surface area (Å²) in [6.07, 6.45) is -2.41. The Morgan fingerprint density at radius 2 is 1.81 bits per heavy atom. The number of ether oxygens (including phenoxy) is 1. The predicted octanol–water partition coefficient (Wildman–Crippen LogP) is 4.15. The lowest BCUT2D eigenvalue weighted by Crippen LogP contribution is -2.38. The van der Waals surface area contributed by atoms with Gasteiger partial charge in [0, 0.05) is 25.7 Å². The lowest BCUT2D eigenvalue weighted by molar-refractivity contribution is -0.137. The van der Waals surface area contributed by atoms with Crippen LogP contribution in [-0.4, -0.2) is 49.7 Å². The number of halogens is 3. The van der Waals surface area contributed by atoms with Crippen molar-refractivity contribution < 1.29 is 22.7 Å². The number of benzene rings is 2. The summed E-state index contributed by atoms with van der Waals surface area (Å²) in [7, 11) is 0. The highest BCUT2D eigenvalue weighted by Gasteiger charge is 2.33. The van der Waals surface area contributed by atoms with E-state index in [1.807, 2.05) is 35.2 Å². The van der Waals surface area contributed by atoms with Crippen molar-refractivity contribution >= 4 is 17.3 Å². The van der Waals surface area contributed by atoms with Gasteiger partial charge in [0.2, 0.25) is 5.91 Å². The van der Waals surface area contributed by atoms with Gasteiger partial charge in [-0.05, 0) is 36.6 Å². The molecule has 4 rings (SSSR count). The molecule has 5 nitrogen and oxygen atoms in total. The summed E-state index contributed by atoms with van der Waals surface area (Å²) in [5.41, 5.74) is 1.11. The minimum atomic E-state index is -4.48. The number of morpholine rings is 1. The number of hydrogen-bond donors (Lipinski definition) is 1. The third-order valence-corrected chi connectivity index (χ3v) is 5.59. The van der Waals surface area contributed by atoms with Crippen LogP contribution in [0.3, 0.4) is 0 Å². The van der Waals surface area contributed by atoms with Crippen molar-refractivity contribution in [1.82, 2.24) is 4.90 Å². The first-order valence-corrected chi connectivity index (χ1v) is 10.5. The summed E-state index contributed by atoms with van der Waals surface area (Å²) in [5.74, 6) is -0.309. The fraction of sp³-hybridized carbons (Fsp3) is 0.435. The Morgan fingerprint density at radius 1 is 1.10 bits per heavy atom. The zero-order valence-corrected chi connectivity index (χ0v) is 17.2. The summed E-state index contributed by atoms with van der Waals surface area (Å²) in [6, 6.07) is 13.7. The van der Waals surface area contributed by atoms with E-state index in [1.165, 1.54) is 6.07 Å². The van der Waals surface area contributed by atoms with E-state index < -0.39 is 11.7 Å². The summed E-state index contributed by atoms with van der Waals surface area (Å²) in [4.78, 5) is 16.9. The van der Waals surface area contributed by atoms with Gasteiger partial charge in [0.25, 0.3) is 0 Å². The molecule has 1 aliphatic carbocycles. The third-order valence-electron chi connectivity index (χ3n) is 5.59. The van der Waals surface area contributed by atoms with Gasteiger partial charge in [0.1, 0.15) is 0 Å². The number of carbonyl (C=O) groups is 1. The Morgan fingerprint density at radius 3 is 2.45 bits per heavy atom. The van der Waals surface area contributed by atoms with Crippen molar-refractivity contribution in [1.29, 1.82) is 0 Å². The lowest BCUT2D eigenvalue weighted by Gasteiger charge is -2.31. The van der Waals surface area contributed by atoms with Gasteiger partial charge >= 0.3 is 6.18 Å². The predicted molar refractivity (Wildman–Crippen MR) is 113 cm³/mol. The van der Waals surface area contributed by atoms with E-state index in [1.54, 1.807) is 0 Å². The Labute approximate surface area is 179 Å². The molecule has 1 saturated heterocycles. The largest absolute Gasteiger partial charge is 0.416 e. The highest BCUT2D eigenvalue weighted by atomic mass is 19.4. The van der Waals surface area contributed by atoms with Crippen LogP contribution in [0.4, 0.5) is 24.5 Å². The molecule has 0 spiro atoms. The molecular formula is C23H26F3N3O2.